The van der Waals surface area contributed by atoms with Crippen molar-refractivity contribution >= 4 is 28.3 Å². The Kier molecular flexibility index (Phi) is 11.2. The molecule has 0 aliphatic rings. The number of carbonyl (C=O) groups is 2. The van der Waals surface area contributed by atoms with Gasteiger partial charge in [-0.15, -0.1) is 0 Å². The average Bonchev–Trinajstić information content (AvgIpc) is 3.17. The van der Waals surface area contributed by atoms with Crippen LogP contribution in [0.1, 0.15) is 57.5 Å². The first-order valence-electron chi connectivity index (χ1n) is 10.7. The molecule has 0 radical (unpaired) electrons. The van der Waals surface area contributed by atoms with Gasteiger partial charge in [0, 0.05) is 18.2 Å². The smallest absolute Gasteiger partial charge is 0.347 e. The molecule has 1 aromatic heterocycles. The maximum atomic E-state index is 13.0. The van der Waals surface area contributed by atoms with Gasteiger partial charge in [-0.2, -0.15) is 5.48 Å². The van der Waals surface area contributed by atoms with E-state index < -0.39 is 23.5 Å². The van der Waals surface area contributed by atoms with Gasteiger partial charge >= 0.3 is 5.97 Å². The van der Waals surface area contributed by atoms with E-state index in [1.807, 2.05) is 18.2 Å². The second-order valence-electron chi connectivity index (χ2n) is 7.21. The van der Waals surface area contributed by atoms with E-state index in [9.17, 15) is 18.4 Å². The molecule has 2 aromatic carbocycles. The molecular formula is C24H27F2N3O4S. The quantitative estimate of drug-likeness (QED) is 0.253. The van der Waals surface area contributed by atoms with Gasteiger partial charge in [-0.05, 0) is 31.0 Å². The summed E-state index contributed by atoms with van der Waals surface area (Å²) in [5, 5.41) is 11.2. The highest BCUT2D eigenvalue weighted by Gasteiger charge is 2.16. The minimum absolute atomic E-state index is 0.00859. The number of aryl methyl sites for hydroxylation is 1. The Morgan fingerprint density at radius 3 is 2.35 bits per heavy atom. The standard InChI is InChI=1S/C12H8F2N2O3S.C12H19NO/c1-5-9(11(18)19)20-12(15-5)16-10(17)6-2-7(13)4-8(14)3-6;1-2-3-7-10-14-13-11-12-8-5-4-6-9-12/h2-4H,1H3,(H,18,19)(H,15,16,17);4-6,8-9,13H,2-3,7,10-11H2,1H3. The van der Waals surface area contributed by atoms with Crippen LogP contribution in [-0.2, 0) is 11.4 Å². The Hall–Kier alpha value is -3.21. The Balaban J connectivity index is 0.000000257. The third-order valence-electron chi connectivity index (χ3n) is 4.41. The molecule has 10 heteroatoms. The van der Waals surface area contributed by atoms with Gasteiger partial charge in [-0.3, -0.25) is 10.1 Å². The Morgan fingerprint density at radius 2 is 1.76 bits per heavy atom. The van der Waals surface area contributed by atoms with Gasteiger partial charge in [0.25, 0.3) is 5.91 Å². The lowest BCUT2D eigenvalue weighted by atomic mass is 10.2. The molecular weight excluding hydrogens is 464 g/mol. The number of benzene rings is 2. The Morgan fingerprint density at radius 1 is 1.09 bits per heavy atom. The number of aromatic nitrogens is 1. The lowest BCUT2D eigenvalue weighted by Gasteiger charge is -2.05. The third-order valence-corrected chi connectivity index (χ3v) is 5.47. The Labute approximate surface area is 200 Å². The van der Waals surface area contributed by atoms with Crippen LogP contribution in [0.25, 0.3) is 0 Å². The van der Waals surface area contributed by atoms with Gasteiger partial charge < -0.3 is 9.94 Å². The van der Waals surface area contributed by atoms with Gasteiger partial charge in [-0.25, -0.2) is 18.6 Å². The van der Waals surface area contributed by atoms with E-state index in [0.717, 1.165) is 43.0 Å². The lowest BCUT2D eigenvalue weighted by Crippen LogP contribution is -2.14. The molecule has 0 fully saturated rings. The molecule has 1 heterocycles. The number of hydrogen-bond acceptors (Lipinski definition) is 6. The molecule has 0 aliphatic heterocycles. The number of hydrogen-bond donors (Lipinski definition) is 3. The third kappa shape index (κ3) is 9.34. The van der Waals surface area contributed by atoms with Gasteiger partial charge in [0.1, 0.15) is 16.5 Å². The summed E-state index contributed by atoms with van der Waals surface area (Å²) in [6.07, 6.45) is 3.62. The number of rotatable bonds is 10. The molecule has 1 amide bonds. The molecule has 0 atom stereocenters. The summed E-state index contributed by atoms with van der Waals surface area (Å²) in [7, 11) is 0. The van der Waals surface area contributed by atoms with E-state index >= 15 is 0 Å². The van der Waals surface area contributed by atoms with Crippen molar-refractivity contribution in [3.63, 3.8) is 0 Å². The molecule has 3 aromatic rings. The number of nitrogens with one attached hydrogen (secondary N) is 2. The number of halogens is 2. The van der Waals surface area contributed by atoms with Gasteiger partial charge in [0.05, 0.1) is 12.3 Å². The second-order valence-corrected chi connectivity index (χ2v) is 8.21. The number of hydroxylamine groups is 1. The SMILES string of the molecule is CCCCCONCc1ccccc1.Cc1nc(NC(=O)c2cc(F)cc(F)c2)sc1C(=O)O. The molecule has 182 valence electrons. The van der Waals surface area contributed by atoms with Crippen molar-refractivity contribution < 1.29 is 28.3 Å². The summed E-state index contributed by atoms with van der Waals surface area (Å²) in [5.74, 6) is -3.68. The number of amides is 1. The second kappa shape index (κ2) is 14.1. The van der Waals surface area contributed by atoms with Crippen LogP contribution >= 0.6 is 11.3 Å². The molecule has 0 spiro atoms. The minimum Gasteiger partial charge on any atom is -0.477 e. The number of carbonyl (C=O) groups excluding carboxylic acids is 1. The largest absolute Gasteiger partial charge is 0.477 e. The monoisotopic (exact) mass is 491 g/mol. The van der Waals surface area contributed by atoms with Crippen LogP contribution in [0, 0.1) is 18.6 Å². The number of anilines is 1. The summed E-state index contributed by atoms with van der Waals surface area (Å²) in [6.45, 7) is 5.27. The summed E-state index contributed by atoms with van der Waals surface area (Å²) in [6, 6.07) is 12.7. The Bertz CT molecular complexity index is 1060. The minimum atomic E-state index is -1.16. The van der Waals surface area contributed by atoms with Crippen molar-refractivity contribution in [1.82, 2.24) is 10.5 Å². The summed E-state index contributed by atoms with van der Waals surface area (Å²) in [5.41, 5.74) is 4.25. The van der Waals surface area contributed by atoms with Crippen LogP contribution in [0.4, 0.5) is 13.9 Å². The zero-order valence-electron chi connectivity index (χ0n) is 18.9. The number of unbranched alkanes of at least 4 members (excludes halogenated alkanes) is 2. The molecule has 0 saturated carbocycles. The zero-order valence-corrected chi connectivity index (χ0v) is 19.8. The van der Waals surface area contributed by atoms with Crippen molar-refractivity contribution in [3.8, 4) is 0 Å². The number of carboxylic acids is 1. The first-order valence-corrected chi connectivity index (χ1v) is 11.5. The molecule has 0 bridgehead atoms. The maximum absolute atomic E-state index is 13.0. The predicted octanol–water partition coefficient (Wildman–Crippen LogP) is 5.58. The summed E-state index contributed by atoms with van der Waals surface area (Å²) < 4.78 is 26.0. The van der Waals surface area contributed by atoms with Crippen LogP contribution in [0.15, 0.2) is 48.5 Å². The number of nitrogens with zero attached hydrogens (tertiary/aromatic N) is 1. The average molecular weight is 492 g/mol. The van der Waals surface area contributed by atoms with E-state index in [4.69, 9.17) is 9.94 Å². The highest BCUT2D eigenvalue weighted by molar-refractivity contribution is 7.17. The van der Waals surface area contributed by atoms with Crippen molar-refractivity contribution in [2.75, 3.05) is 11.9 Å². The maximum Gasteiger partial charge on any atom is 0.347 e. The van der Waals surface area contributed by atoms with Crippen molar-refractivity contribution in [2.45, 2.75) is 39.7 Å². The highest BCUT2D eigenvalue weighted by atomic mass is 32.1. The normalized spacial score (nSPS) is 10.4. The number of aromatic carboxylic acids is 1. The van der Waals surface area contributed by atoms with E-state index in [0.29, 0.717) is 6.07 Å². The first-order chi connectivity index (χ1) is 16.3. The molecule has 3 rings (SSSR count). The molecule has 34 heavy (non-hydrogen) atoms. The van der Waals surface area contributed by atoms with Crippen molar-refractivity contribution in [3.05, 3.63) is 81.9 Å². The van der Waals surface area contributed by atoms with Crippen LogP contribution in [-0.4, -0.2) is 28.6 Å². The molecule has 0 saturated heterocycles. The number of thiazole rings is 1. The van der Waals surface area contributed by atoms with Gasteiger partial charge in [0.15, 0.2) is 5.13 Å². The summed E-state index contributed by atoms with van der Waals surface area (Å²) >= 11 is 0.769. The predicted molar refractivity (Wildman–Crippen MR) is 127 cm³/mol. The molecule has 0 unspecified atom stereocenters. The topological polar surface area (TPSA) is 101 Å². The van der Waals surface area contributed by atoms with Crippen LogP contribution in [0.3, 0.4) is 0 Å². The van der Waals surface area contributed by atoms with Gasteiger partial charge in [0.2, 0.25) is 0 Å². The van der Waals surface area contributed by atoms with Crippen LogP contribution in [0.5, 0.6) is 0 Å². The molecule has 0 aliphatic carbocycles. The van der Waals surface area contributed by atoms with Gasteiger partial charge in [-0.1, -0.05) is 61.4 Å². The van der Waals surface area contributed by atoms with E-state index in [1.54, 1.807) is 0 Å². The first kappa shape index (κ1) is 27.0. The van der Waals surface area contributed by atoms with E-state index in [-0.39, 0.29) is 21.3 Å². The zero-order chi connectivity index (χ0) is 24.9. The fraction of sp³-hybridized carbons (Fsp3) is 0.292. The van der Waals surface area contributed by atoms with Crippen molar-refractivity contribution in [1.29, 1.82) is 0 Å². The highest BCUT2D eigenvalue weighted by Crippen LogP contribution is 2.23. The molecule has 7 nitrogen and oxygen atoms in total. The van der Waals surface area contributed by atoms with Crippen molar-refractivity contribution in [2.24, 2.45) is 0 Å². The fourth-order valence-electron chi connectivity index (χ4n) is 2.73. The van der Waals surface area contributed by atoms with E-state index in [2.05, 4.69) is 34.8 Å². The van der Waals surface area contributed by atoms with Crippen LogP contribution < -0.4 is 10.8 Å². The molecule has 3 N–H and O–H groups in total. The summed E-state index contributed by atoms with van der Waals surface area (Å²) in [4.78, 5) is 31.8. The lowest BCUT2D eigenvalue weighted by molar-refractivity contribution is 0.0342. The fourth-order valence-corrected chi connectivity index (χ4v) is 3.53. The van der Waals surface area contributed by atoms with Crippen LogP contribution in [0.2, 0.25) is 0 Å². The number of carboxylic acid groups (broad SMARTS) is 1. The van der Waals surface area contributed by atoms with E-state index in [1.165, 1.54) is 25.3 Å².